The number of aliphatic hydroxyl groups excluding tert-OH is 1. The van der Waals surface area contributed by atoms with Crippen LogP contribution in [0, 0.1) is 0 Å². The van der Waals surface area contributed by atoms with Gasteiger partial charge in [-0.05, 0) is 69.0 Å². The van der Waals surface area contributed by atoms with Crippen molar-refractivity contribution in [1.82, 2.24) is 24.5 Å². The Kier molecular flexibility index (Phi) is 7.75. The number of nitrogens with two attached hydrogens (primary N) is 1. The van der Waals surface area contributed by atoms with Gasteiger partial charge in [-0.3, -0.25) is 14.5 Å². The number of nitrogens with zero attached hydrogens (tertiary/aromatic N) is 5. The Morgan fingerprint density at radius 3 is 2.60 bits per heavy atom. The van der Waals surface area contributed by atoms with E-state index >= 15 is 0 Å². The number of aliphatic hydroxyl groups is 1. The highest BCUT2D eigenvalue weighted by Gasteiger charge is 2.39. The molecule has 4 aromatic rings. The number of aromatic nitrogens is 3. The molecule has 2 unspecified atom stereocenters. The van der Waals surface area contributed by atoms with Gasteiger partial charge in [-0.2, -0.15) is 0 Å². The summed E-state index contributed by atoms with van der Waals surface area (Å²) in [6, 6.07) is 8.22. The molecule has 0 radical (unpaired) electrons. The van der Waals surface area contributed by atoms with Crippen LogP contribution in [-0.4, -0.2) is 90.3 Å². The maximum Gasteiger partial charge on any atom is 0.372 e. The number of amides is 2. The zero-order valence-corrected chi connectivity index (χ0v) is 25.1. The van der Waals surface area contributed by atoms with E-state index in [1.54, 1.807) is 33.7 Å². The molecule has 14 heteroatoms. The number of hydrogen-bond donors (Lipinski definition) is 3. The lowest BCUT2D eigenvalue weighted by Gasteiger charge is -2.41. The molecule has 2 saturated heterocycles. The number of carboxylic acid groups (broad SMARTS) is 1. The minimum atomic E-state index is -1.24. The first-order chi connectivity index (χ1) is 20.5. The molecule has 3 aromatic heterocycles. The summed E-state index contributed by atoms with van der Waals surface area (Å²) in [5.41, 5.74) is 8.18. The minimum absolute atomic E-state index is 0.0570. The molecule has 2 aliphatic heterocycles. The molecule has 1 aromatic carbocycles. The lowest BCUT2D eigenvalue weighted by atomic mass is 9.81. The van der Waals surface area contributed by atoms with Gasteiger partial charge in [0.2, 0.25) is 11.7 Å². The highest BCUT2D eigenvalue weighted by Crippen LogP contribution is 2.40. The highest BCUT2D eigenvalue weighted by molar-refractivity contribution is 7.19. The fourth-order valence-electron chi connectivity index (χ4n) is 6.18. The van der Waals surface area contributed by atoms with Crippen molar-refractivity contribution in [3.8, 4) is 10.6 Å². The number of β-amino-alcohol motifs (C(OH)–C–C–N with tert-alkyl or cyclic N) is 1. The number of thiophene rings is 1. The molecule has 2 amide bonds. The number of imidazole rings is 1. The first-order valence-electron chi connectivity index (χ1n) is 14.0. The van der Waals surface area contributed by atoms with Gasteiger partial charge < -0.3 is 29.9 Å². The van der Waals surface area contributed by atoms with E-state index in [0.29, 0.717) is 57.3 Å². The van der Waals surface area contributed by atoms with Crippen LogP contribution in [0.3, 0.4) is 0 Å². The maximum atomic E-state index is 13.7. The van der Waals surface area contributed by atoms with E-state index in [2.05, 4.69) is 15.0 Å². The average Bonchev–Trinajstić information content (AvgIpc) is 3.69. The number of rotatable bonds is 8. The Balaban J connectivity index is 1.45. The Labute approximate surface area is 255 Å². The van der Waals surface area contributed by atoms with Crippen LogP contribution >= 0.6 is 22.9 Å². The van der Waals surface area contributed by atoms with Crippen molar-refractivity contribution >= 4 is 51.8 Å². The van der Waals surface area contributed by atoms with Gasteiger partial charge in [0, 0.05) is 30.8 Å². The molecule has 0 spiro atoms. The van der Waals surface area contributed by atoms with Crippen LogP contribution in [0.4, 0.5) is 0 Å². The van der Waals surface area contributed by atoms with E-state index in [9.17, 15) is 24.6 Å². The maximum absolute atomic E-state index is 13.7. The Morgan fingerprint density at radius 1 is 1.21 bits per heavy atom. The molecule has 2 aliphatic rings. The fraction of sp³-hybridized carbons (Fsp3) is 0.414. The molecule has 2 fully saturated rings. The SMILES string of the molecule is CC(C)N1CCC(c2c(C(=O)N3CC(O)C3)ccc3c2nc(C(=O)O)n3Cc2cc(-c3ccc(Cl)s3)on2)CC1C(N)=O. The molecule has 6 rings (SSSR count). The second-order valence-electron chi connectivity index (χ2n) is 11.3. The first-order valence-corrected chi connectivity index (χ1v) is 15.2. The predicted molar refractivity (Wildman–Crippen MR) is 159 cm³/mol. The van der Waals surface area contributed by atoms with Gasteiger partial charge in [0.1, 0.15) is 5.69 Å². The lowest BCUT2D eigenvalue weighted by Crippen LogP contribution is -2.54. The zero-order valence-electron chi connectivity index (χ0n) is 23.6. The largest absolute Gasteiger partial charge is 0.475 e. The van der Waals surface area contributed by atoms with Gasteiger partial charge in [-0.25, -0.2) is 9.78 Å². The monoisotopic (exact) mass is 626 g/mol. The van der Waals surface area contributed by atoms with Gasteiger partial charge >= 0.3 is 5.97 Å². The van der Waals surface area contributed by atoms with Crippen molar-refractivity contribution in [2.45, 2.75) is 57.3 Å². The third-order valence-corrected chi connectivity index (χ3v) is 9.52. The molecule has 12 nitrogen and oxygen atoms in total. The summed E-state index contributed by atoms with van der Waals surface area (Å²) in [5.74, 6) is -1.95. The fourth-order valence-corrected chi connectivity index (χ4v) is 7.17. The molecule has 43 heavy (non-hydrogen) atoms. The number of primary amides is 1. The van der Waals surface area contributed by atoms with Crippen LogP contribution in [0.5, 0.6) is 0 Å². The summed E-state index contributed by atoms with van der Waals surface area (Å²) in [5, 5.41) is 24.2. The third-order valence-electron chi connectivity index (χ3n) is 8.27. The van der Waals surface area contributed by atoms with E-state index in [-0.39, 0.29) is 43.3 Å². The van der Waals surface area contributed by atoms with Crippen molar-refractivity contribution in [3.63, 3.8) is 0 Å². The summed E-state index contributed by atoms with van der Waals surface area (Å²) < 4.78 is 7.66. The number of halogens is 1. The summed E-state index contributed by atoms with van der Waals surface area (Å²) in [4.78, 5) is 47.6. The van der Waals surface area contributed by atoms with Gasteiger partial charge in [0.25, 0.3) is 5.91 Å². The van der Waals surface area contributed by atoms with Crippen LogP contribution in [0.2, 0.25) is 4.34 Å². The molecule has 5 heterocycles. The lowest BCUT2D eigenvalue weighted by molar-refractivity contribution is -0.125. The summed E-state index contributed by atoms with van der Waals surface area (Å²) >= 11 is 7.41. The van der Waals surface area contributed by atoms with Crippen LogP contribution in [0.15, 0.2) is 34.9 Å². The molecule has 226 valence electrons. The number of carbonyl (C=O) groups excluding carboxylic acids is 2. The average molecular weight is 627 g/mol. The molecular weight excluding hydrogens is 596 g/mol. The van der Waals surface area contributed by atoms with Crippen LogP contribution < -0.4 is 5.73 Å². The Morgan fingerprint density at radius 2 is 1.98 bits per heavy atom. The standard InChI is InChI=1S/C29H31ClN6O6S/c1-14(2)35-8-7-15(9-20(35)26(31)38)24-18(28(39)34-12-17(37)13-34)3-4-19-25(24)32-27(29(40)41)36(19)11-16-10-21(42-33-16)22-5-6-23(30)43-22/h3-6,10,14-15,17,20,37H,7-9,11-13H2,1-2H3,(H2,31,38)(H,40,41). The number of hydrogen-bond acceptors (Lipinski definition) is 9. The smallest absolute Gasteiger partial charge is 0.372 e. The molecule has 4 N–H and O–H groups in total. The van der Waals surface area contributed by atoms with E-state index in [4.69, 9.17) is 21.9 Å². The van der Waals surface area contributed by atoms with Gasteiger partial charge in [0.15, 0.2) is 5.76 Å². The number of aromatic carboxylic acids is 1. The van der Waals surface area contributed by atoms with E-state index in [1.807, 2.05) is 19.9 Å². The summed E-state index contributed by atoms with van der Waals surface area (Å²) in [6.07, 6.45) is 0.399. The van der Waals surface area contributed by atoms with Gasteiger partial charge in [-0.15, -0.1) is 11.3 Å². The predicted octanol–water partition coefficient (Wildman–Crippen LogP) is 3.41. The van der Waals surface area contributed by atoms with Crippen LogP contribution in [0.25, 0.3) is 21.7 Å². The second kappa shape index (κ2) is 11.4. The quantitative estimate of drug-likeness (QED) is 0.265. The molecule has 0 bridgehead atoms. The number of piperidine rings is 1. The molecular formula is C29H31ClN6O6S. The van der Waals surface area contributed by atoms with Crippen molar-refractivity contribution in [2.24, 2.45) is 5.73 Å². The van der Waals surface area contributed by atoms with Crippen LogP contribution in [0.1, 0.15) is 64.8 Å². The molecule has 2 atom stereocenters. The van der Waals surface area contributed by atoms with E-state index < -0.39 is 24.0 Å². The first kappa shape index (κ1) is 29.3. The Hall–Kier alpha value is -3.78. The number of benzene rings is 1. The normalized spacial score (nSPS) is 19.7. The minimum Gasteiger partial charge on any atom is -0.475 e. The van der Waals surface area contributed by atoms with Gasteiger partial charge in [-0.1, -0.05) is 16.8 Å². The number of likely N-dealkylation sites (tertiary alicyclic amines) is 2. The second-order valence-corrected chi connectivity index (χ2v) is 13.1. The molecule has 0 saturated carbocycles. The van der Waals surface area contributed by atoms with E-state index in [1.165, 1.54) is 11.3 Å². The topological polar surface area (TPSA) is 168 Å². The van der Waals surface area contributed by atoms with Crippen molar-refractivity contribution in [3.05, 3.63) is 57.3 Å². The third kappa shape index (κ3) is 5.42. The number of fused-ring (bicyclic) bond motifs is 1. The summed E-state index contributed by atoms with van der Waals surface area (Å²) in [6.45, 7) is 5.06. The molecule has 0 aliphatic carbocycles. The van der Waals surface area contributed by atoms with Crippen molar-refractivity contribution in [2.75, 3.05) is 19.6 Å². The van der Waals surface area contributed by atoms with Gasteiger partial charge in [0.05, 0.1) is 38.9 Å². The number of carboxylic acids is 1. The van der Waals surface area contributed by atoms with E-state index in [0.717, 1.165) is 4.88 Å². The highest BCUT2D eigenvalue weighted by atomic mass is 35.5. The summed E-state index contributed by atoms with van der Waals surface area (Å²) in [7, 11) is 0. The zero-order chi connectivity index (χ0) is 30.6. The van der Waals surface area contributed by atoms with Crippen molar-refractivity contribution < 1.29 is 29.1 Å². The van der Waals surface area contributed by atoms with Crippen LogP contribution in [-0.2, 0) is 11.3 Å². The number of carbonyl (C=O) groups is 3. The Bertz CT molecular complexity index is 1720. The van der Waals surface area contributed by atoms with Crippen molar-refractivity contribution in [1.29, 1.82) is 0 Å².